The van der Waals surface area contributed by atoms with Crippen molar-refractivity contribution in [1.29, 1.82) is 5.26 Å². The highest BCUT2D eigenvalue weighted by Gasteiger charge is 2.76. The van der Waals surface area contributed by atoms with Gasteiger partial charge in [0, 0.05) is 12.2 Å². The summed E-state index contributed by atoms with van der Waals surface area (Å²) in [5, 5.41) is 16.9. The molecule has 100 valence electrons. The van der Waals surface area contributed by atoms with Crippen molar-refractivity contribution in [3.8, 4) is 6.07 Å². The van der Waals surface area contributed by atoms with E-state index in [9.17, 15) is 17.6 Å². The Balaban J connectivity index is 2.58. The fourth-order valence-electron chi connectivity index (χ4n) is 2.51. The fraction of sp³-hybridized carbons (Fsp3) is 0.333. The second-order valence-electron chi connectivity index (χ2n) is 4.57. The van der Waals surface area contributed by atoms with Gasteiger partial charge in [0.2, 0.25) is 0 Å². The third-order valence-corrected chi connectivity index (χ3v) is 4.91. The van der Waals surface area contributed by atoms with Gasteiger partial charge in [0.25, 0.3) is 0 Å². The highest BCUT2D eigenvalue weighted by molar-refractivity contribution is 7.91. The number of hydrogen-bond donors (Lipinski definition) is 1. The van der Waals surface area contributed by atoms with Crippen LogP contribution in [0.5, 0.6) is 0 Å². The van der Waals surface area contributed by atoms with Crippen molar-refractivity contribution in [2.75, 3.05) is 6.26 Å². The van der Waals surface area contributed by atoms with E-state index in [4.69, 9.17) is 10.4 Å². The molecule has 1 saturated carbocycles. The Bertz CT molecular complexity index is 694. The van der Waals surface area contributed by atoms with Gasteiger partial charge in [0.1, 0.15) is 11.1 Å². The van der Waals surface area contributed by atoms with Gasteiger partial charge in [0.15, 0.2) is 15.3 Å². The SMILES string of the molecule is CS(=O)(=O)[C@@H]1[C@@H](c2cccc(F)c2)[C@]1(C#N)C(=O)O. The maximum absolute atomic E-state index is 13.2. The van der Waals surface area contributed by atoms with Crippen molar-refractivity contribution in [3.05, 3.63) is 35.6 Å². The molecule has 1 aliphatic rings. The van der Waals surface area contributed by atoms with Crippen LogP contribution in [0.2, 0.25) is 0 Å². The molecule has 1 fully saturated rings. The summed E-state index contributed by atoms with van der Waals surface area (Å²) in [6, 6.07) is 6.58. The molecular formula is C12H10FNO4S. The number of sulfone groups is 1. The van der Waals surface area contributed by atoms with Gasteiger partial charge < -0.3 is 5.11 Å². The van der Waals surface area contributed by atoms with E-state index < -0.39 is 38.2 Å². The lowest BCUT2D eigenvalue weighted by molar-refractivity contribution is -0.141. The maximum atomic E-state index is 13.2. The van der Waals surface area contributed by atoms with Crippen molar-refractivity contribution in [1.82, 2.24) is 0 Å². The van der Waals surface area contributed by atoms with E-state index in [0.29, 0.717) is 0 Å². The second kappa shape index (κ2) is 4.03. The zero-order valence-corrected chi connectivity index (χ0v) is 10.7. The van der Waals surface area contributed by atoms with Crippen molar-refractivity contribution >= 4 is 15.8 Å². The van der Waals surface area contributed by atoms with Gasteiger partial charge in [-0.25, -0.2) is 12.8 Å². The molecule has 1 aromatic carbocycles. The summed E-state index contributed by atoms with van der Waals surface area (Å²) in [6.45, 7) is 0. The van der Waals surface area contributed by atoms with Gasteiger partial charge in [-0.15, -0.1) is 0 Å². The largest absolute Gasteiger partial charge is 0.480 e. The van der Waals surface area contributed by atoms with Gasteiger partial charge in [-0.2, -0.15) is 5.26 Å². The molecule has 1 aliphatic carbocycles. The van der Waals surface area contributed by atoms with E-state index in [1.165, 1.54) is 12.1 Å². The molecule has 1 aromatic rings. The van der Waals surface area contributed by atoms with Gasteiger partial charge in [0.05, 0.1) is 6.07 Å². The Morgan fingerprint density at radius 2 is 2.16 bits per heavy atom. The van der Waals surface area contributed by atoms with Crippen molar-refractivity contribution in [3.63, 3.8) is 0 Å². The van der Waals surface area contributed by atoms with Gasteiger partial charge in [-0.3, -0.25) is 4.79 Å². The number of nitrogens with zero attached hydrogens (tertiary/aromatic N) is 1. The van der Waals surface area contributed by atoms with Crippen LogP contribution in [0.4, 0.5) is 4.39 Å². The Kier molecular flexibility index (Phi) is 2.86. The van der Waals surface area contributed by atoms with Gasteiger partial charge >= 0.3 is 5.97 Å². The molecule has 0 bridgehead atoms. The zero-order valence-electron chi connectivity index (χ0n) is 9.87. The molecule has 0 heterocycles. The van der Waals surface area contributed by atoms with E-state index >= 15 is 0 Å². The van der Waals surface area contributed by atoms with Crippen LogP contribution in [0, 0.1) is 22.6 Å². The topological polar surface area (TPSA) is 95.2 Å². The quantitative estimate of drug-likeness (QED) is 0.890. The molecule has 2 rings (SSSR count). The number of nitriles is 1. The highest BCUT2D eigenvalue weighted by atomic mass is 32.2. The molecule has 5 nitrogen and oxygen atoms in total. The Morgan fingerprint density at radius 1 is 1.53 bits per heavy atom. The Labute approximate surface area is 109 Å². The zero-order chi connectivity index (χ0) is 14.4. The summed E-state index contributed by atoms with van der Waals surface area (Å²) >= 11 is 0. The second-order valence-corrected chi connectivity index (χ2v) is 6.74. The summed E-state index contributed by atoms with van der Waals surface area (Å²) in [5.41, 5.74) is -1.82. The minimum absolute atomic E-state index is 0.208. The van der Waals surface area contributed by atoms with E-state index in [1.807, 2.05) is 0 Å². The van der Waals surface area contributed by atoms with Crippen LogP contribution in [-0.4, -0.2) is 31.0 Å². The molecule has 0 spiro atoms. The van der Waals surface area contributed by atoms with Crippen LogP contribution < -0.4 is 0 Å². The molecule has 0 unspecified atom stereocenters. The molecule has 0 aliphatic heterocycles. The average molecular weight is 283 g/mol. The van der Waals surface area contributed by atoms with Gasteiger partial charge in [-0.05, 0) is 17.7 Å². The van der Waals surface area contributed by atoms with Crippen molar-refractivity contribution in [2.24, 2.45) is 5.41 Å². The minimum Gasteiger partial charge on any atom is -0.480 e. The number of rotatable bonds is 3. The number of hydrogen-bond acceptors (Lipinski definition) is 4. The summed E-state index contributed by atoms with van der Waals surface area (Å²) in [5.74, 6) is -3.14. The standard InChI is InChI=1S/C12H10FNO4S/c1-19(17,18)10-9(12(10,6-14)11(15)16)7-3-2-4-8(13)5-7/h2-5,9-10H,1H3,(H,15,16)/t9-,10-,12+/m1/s1. The number of benzene rings is 1. The van der Waals surface area contributed by atoms with E-state index in [0.717, 1.165) is 18.4 Å². The van der Waals surface area contributed by atoms with E-state index in [2.05, 4.69) is 0 Å². The highest BCUT2D eigenvalue weighted by Crippen LogP contribution is 2.62. The predicted molar refractivity (Wildman–Crippen MR) is 63.5 cm³/mol. The summed E-state index contributed by atoms with van der Waals surface area (Å²) < 4.78 is 36.4. The third kappa shape index (κ3) is 1.88. The molecule has 0 saturated heterocycles. The number of carbonyl (C=O) groups is 1. The molecule has 7 heteroatoms. The first-order chi connectivity index (χ1) is 8.75. The Hall–Kier alpha value is -1.94. The molecule has 3 atom stereocenters. The predicted octanol–water partition coefficient (Wildman–Crippen LogP) is 0.931. The third-order valence-electron chi connectivity index (χ3n) is 3.34. The number of aliphatic carboxylic acids is 1. The van der Waals surface area contributed by atoms with Crippen molar-refractivity contribution in [2.45, 2.75) is 11.2 Å². The Morgan fingerprint density at radius 3 is 2.53 bits per heavy atom. The van der Waals surface area contributed by atoms with Crippen LogP contribution in [0.15, 0.2) is 24.3 Å². The lowest BCUT2D eigenvalue weighted by Gasteiger charge is -2.01. The fourth-order valence-corrected chi connectivity index (χ4v) is 4.28. The monoisotopic (exact) mass is 283 g/mol. The van der Waals surface area contributed by atoms with Gasteiger partial charge in [-0.1, -0.05) is 12.1 Å². The van der Waals surface area contributed by atoms with Crippen LogP contribution in [-0.2, 0) is 14.6 Å². The van der Waals surface area contributed by atoms with Crippen LogP contribution in [0.3, 0.4) is 0 Å². The number of carboxylic acids is 1. The first-order valence-electron chi connectivity index (χ1n) is 5.34. The van der Waals surface area contributed by atoms with E-state index in [-0.39, 0.29) is 5.56 Å². The minimum atomic E-state index is -3.73. The molecule has 0 aromatic heterocycles. The average Bonchev–Trinajstić information content (AvgIpc) is 2.99. The number of halogens is 1. The maximum Gasteiger partial charge on any atom is 0.326 e. The molecule has 0 radical (unpaired) electrons. The number of carboxylic acid groups (broad SMARTS) is 1. The van der Waals surface area contributed by atoms with Crippen LogP contribution in [0.1, 0.15) is 11.5 Å². The molecule has 1 N–H and O–H groups in total. The molecule has 19 heavy (non-hydrogen) atoms. The smallest absolute Gasteiger partial charge is 0.326 e. The van der Waals surface area contributed by atoms with Crippen LogP contribution in [0.25, 0.3) is 0 Å². The summed E-state index contributed by atoms with van der Waals surface area (Å²) in [6.07, 6.45) is 0.881. The summed E-state index contributed by atoms with van der Waals surface area (Å²) in [4.78, 5) is 11.3. The van der Waals surface area contributed by atoms with Crippen molar-refractivity contribution < 1.29 is 22.7 Å². The lowest BCUT2D eigenvalue weighted by Crippen LogP contribution is -2.21. The first-order valence-corrected chi connectivity index (χ1v) is 7.29. The molecular weight excluding hydrogens is 273 g/mol. The normalized spacial score (nSPS) is 29.5. The van der Waals surface area contributed by atoms with E-state index in [1.54, 1.807) is 6.07 Å². The summed E-state index contributed by atoms with van der Waals surface area (Å²) in [7, 11) is -3.73. The molecule has 0 amide bonds. The first kappa shape index (κ1) is 13.5. The van der Waals surface area contributed by atoms with Crippen LogP contribution >= 0.6 is 0 Å². The lowest BCUT2D eigenvalue weighted by atomic mass is 10.0.